The first-order chi connectivity index (χ1) is 4.18. The lowest BCUT2D eigenvalue weighted by molar-refractivity contribution is -0.120. The summed E-state index contributed by atoms with van der Waals surface area (Å²) < 4.78 is 6.77. The highest BCUT2D eigenvalue weighted by molar-refractivity contribution is 5.96. The van der Waals surface area contributed by atoms with Gasteiger partial charge in [0.15, 0.2) is 0 Å². The van der Waals surface area contributed by atoms with Crippen LogP contribution in [0.4, 0.5) is 4.79 Å². The molecule has 0 aromatic rings. The lowest BCUT2D eigenvalue weighted by Gasteiger charge is -2.12. The summed E-state index contributed by atoms with van der Waals surface area (Å²) in [7, 11) is 0. The third-order valence-electron chi connectivity index (χ3n) is 0.656. The van der Waals surface area contributed by atoms with Crippen molar-refractivity contribution in [3.63, 3.8) is 0 Å². The van der Waals surface area contributed by atoms with Gasteiger partial charge in [0.25, 0.3) is 0 Å². The molecule has 3 N–H and O–H groups in total. The quantitative estimate of drug-likeness (QED) is 0.354. The molecule has 44 valence electrons. The van der Waals surface area contributed by atoms with Crippen LogP contribution in [0.3, 0.4) is 0 Å². The van der Waals surface area contributed by atoms with Gasteiger partial charge in [0.1, 0.15) is 1.41 Å². The Bertz CT molecular complexity index is 143. The summed E-state index contributed by atoms with van der Waals surface area (Å²) >= 11 is 0. The number of hydrazine groups is 1. The Morgan fingerprint density at radius 1 is 1.62 bits per heavy atom. The fraction of sp³-hybridized carbons (Fsp3) is 0.333. The second kappa shape index (κ2) is 1.79. The number of carbonyl (C=O) groups is 2. The Morgan fingerprint density at radius 2 is 2.38 bits per heavy atom. The van der Waals surface area contributed by atoms with Gasteiger partial charge in [-0.05, 0) is 0 Å². The first kappa shape index (κ1) is 3.85. The summed E-state index contributed by atoms with van der Waals surface area (Å²) in [4.78, 5) is 20.6. The van der Waals surface area contributed by atoms with Gasteiger partial charge in [-0.2, -0.15) is 0 Å². The Kier molecular flexibility index (Phi) is 0.860. The van der Waals surface area contributed by atoms with Gasteiger partial charge >= 0.3 is 6.03 Å². The highest BCUT2D eigenvalue weighted by Gasteiger charge is 2.11. The van der Waals surface area contributed by atoms with Crippen molar-refractivity contribution in [3.8, 4) is 0 Å². The topological polar surface area (TPSA) is 70.2 Å². The molecule has 5 heteroatoms. The summed E-state index contributed by atoms with van der Waals surface area (Å²) in [6, 6.07) is -0.652. The molecule has 0 bridgehead atoms. The van der Waals surface area contributed by atoms with Gasteiger partial charge in [0.05, 0.1) is 6.54 Å². The van der Waals surface area contributed by atoms with Crippen molar-refractivity contribution in [3.05, 3.63) is 0 Å². The van der Waals surface area contributed by atoms with E-state index >= 15 is 0 Å². The number of carbonyl (C=O) groups excluding carboxylic acids is 2. The second-order valence-corrected chi connectivity index (χ2v) is 1.31. The minimum atomic E-state index is -0.652. The van der Waals surface area contributed by atoms with E-state index in [-0.39, 0.29) is 6.54 Å². The molecule has 1 aliphatic rings. The molecule has 0 aromatic carbocycles. The molecule has 0 atom stereocenters. The maximum absolute atomic E-state index is 10.4. The third-order valence-corrected chi connectivity index (χ3v) is 0.656. The fourth-order valence-electron chi connectivity index (χ4n) is 0.377. The standard InChI is InChI=1S/C3H5N3O2/c7-2-1-4-6-3(8)5-2/h4H,1H2,(H2,5,6,7,8)/i/hD. The normalized spacial score (nSPS) is 23.8. The lowest BCUT2D eigenvalue weighted by Crippen LogP contribution is -2.56. The summed E-state index contributed by atoms with van der Waals surface area (Å²) in [5, 5.41) is 1.96. The molecule has 1 heterocycles. The van der Waals surface area contributed by atoms with Crippen LogP contribution in [0.25, 0.3) is 0 Å². The first-order valence-corrected chi connectivity index (χ1v) is 2.05. The molecule has 0 radical (unpaired) electrons. The van der Waals surface area contributed by atoms with E-state index in [1.807, 2.05) is 10.7 Å². The van der Waals surface area contributed by atoms with Gasteiger partial charge in [0, 0.05) is 0 Å². The van der Waals surface area contributed by atoms with E-state index in [0.717, 1.165) is 0 Å². The highest BCUT2D eigenvalue weighted by Crippen LogP contribution is 1.69. The fourth-order valence-corrected chi connectivity index (χ4v) is 0.377. The zero-order chi connectivity index (χ0) is 6.85. The van der Waals surface area contributed by atoms with Gasteiger partial charge in [-0.15, -0.1) is 0 Å². The maximum atomic E-state index is 10.4. The Balaban J connectivity index is 2.53. The molecule has 0 aliphatic carbocycles. The SMILES string of the molecule is [2H]N1CC(=O)NC(=O)N1. The van der Waals surface area contributed by atoms with Crippen LogP contribution < -0.4 is 16.2 Å². The number of imide groups is 1. The van der Waals surface area contributed by atoms with E-state index in [1.165, 1.54) is 0 Å². The molecule has 1 aliphatic heterocycles. The van der Waals surface area contributed by atoms with Crippen molar-refractivity contribution in [2.75, 3.05) is 6.54 Å². The molecular weight excluding hydrogens is 110 g/mol. The molecule has 1 rings (SSSR count). The monoisotopic (exact) mass is 116 g/mol. The second-order valence-electron chi connectivity index (χ2n) is 1.31. The van der Waals surface area contributed by atoms with E-state index in [9.17, 15) is 9.59 Å². The van der Waals surface area contributed by atoms with Crippen LogP contribution in [0, 0.1) is 0 Å². The first-order valence-electron chi connectivity index (χ1n) is 2.50. The minimum Gasteiger partial charge on any atom is -0.276 e. The highest BCUT2D eigenvalue weighted by atomic mass is 16.2. The van der Waals surface area contributed by atoms with Gasteiger partial charge in [0.2, 0.25) is 5.91 Å². The Hall–Kier alpha value is -1.10. The van der Waals surface area contributed by atoms with Crippen LogP contribution in [-0.4, -0.2) is 18.5 Å². The maximum Gasteiger partial charge on any atom is 0.335 e. The number of amides is 3. The van der Waals surface area contributed by atoms with E-state index in [0.29, 0.717) is 5.42 Å². The van der Waals surface area contributed by atoms with Gasteiger partial charge in [-0.3, -0.25) is 15.5 Å². The van der Waals surface area contributed by atoms with Crippen molar-refractivity contribution in [2.24, 2.45) is 0 Å². The van der Waals surface area contributed by atoms with Crippen LogP contribution in [0.5, 0.6) is 0 Å². The van der Waals surface area contributed by atoms with Crippen molar-refractivity contribution in [1.29, 1.82) is 0 Å². The van der Waals surface area contributed by atoms with E-state index in [2.05, 4.69) is 0 Å². The van der Waals surface area contributed by atoms with Gasteiger partial charge in [-0.1, -0.05) is 0 Å². The van der Waals surface area contributed by atoms with Crippen molar-refractivity contribution in [2.45, 2.75) is 0 Å². The molecule has 3 amide bonds. The smallest absolute Gasteiger partial charge is 0.276 e. The summed E-state index contributed by atoms with van der Waals surface area (Å²) in [5.41, 5.74) is 2.71. The van der Waals surface area contributed by atoms with E-state index in [1.54, 1.807) is 0 Å². The van der Waals surface area contributed by atoms with Crippen molar-refractivity contribution < 1.29 is 11.0 Å². The number of rotatable bonds is 0. The number of urea groups is 1. The molecular formula is C3H5N3O2. The summed E-state index contributed by atoms with van der Waals surface area (Å²) in [5.74, 6) is -0.464. The molecule has 8 heavy (non-hydrogen) atoms. The third kappa shape index (κ3) is 0.941. The summed E-state index contributed by atoms with van der Waals surface area (Å²) in [6.45, 7) is -0.119. The number of hydrogen-bond donors (Lipinski definition) is 3. The van der Waals surface area contributed by atoms with Crippen LogP contribution in [0.15, 0.2) is 0 Å². The Morgan fingerprint density at radius 3 is 2.88 bits per heavy atom. The van der Waals surface area contributed by atoms with Crippen LogP contribution >= 0.6 is 0 Å². The average molecular weight is 116 g/mol. The van der Waals surface area contributed by atoms with Gasteiger partial charge in [-0.25, -0.2) is 10.2 Å². The predicted octanol–water partition coefficient (Wildman–Crippen LogP) is -1.67. The zero-order valence-corrected chi connectivity index (χ0v) is 3.97. The van der Waals surface area contributed by atoms with Crippen molar-refractivity contribution in [1.82, 2.24) is 16.2 Å². The lowest BCUT2D eigenvalue weighted by atomic mass is 10.6. The largest absolute Gasteiger partial charge is 0.335 e. The van der Waals surface area contributed by atoms with Gasteiger partial charge < -0.3 is 0 Å². The molecule has 0 spiro atoms. The van der Waals surface area contributed by atoms with Crippen molar-refractivity contribution >= 4 is 11.9 Å². The molecule has 0 saturated carbocycles. The van der Waals surface area contributed by atoms with E-state index in [4.69, 9.17) is 1.41 Å². The van der Waals surface area contributed by atoms with E-state index < -0.39 is 11.9 Å². The summed E-state index contributed by atoms with van der Waals surface area (Å²) in [6.07, 6.45) is 0. The van der Waals surface area contributed by atoms with Crippen LogP contribution in [0.2, 0.25) is 1.41 Å². The molecule has 1 saturated heterocycles. The molecule has 1 fully saturated rings. The number of hydrogen-bond acceptors (Lipinski definition) is 3. The molecule has 5 nitrogen and oxygen atoms in total. The minimum absolute atomic E-state index is 0.119. The Labute approximate surface area is 46.9 Å². The average Bonchev–Trinajstić information content (AvgIpc) is 1.59. The van der Waals surface area contributed by atoms with Crippen LogP contribution in [-0.2, 0) is 4.79 Å². The van der Waals surface area contributed by atoms with Crippen LogP contribution in [0.1, 0.15) is 0 Å². The molecule has 0 unspecified atom stereocenters. The predicted molar refractivity (Wildman–Crippen MR) is 24.7 cm³/mol. The number of nitrogens with one attached hydrogen (secondary N) is 3. The molecule has 0 aromatic heterocycles. The zero-order valence-electron chi connectivity index (χ0n) is 4.97.